The molecule has 202 valence electrons. The summed E-state index contributed by atoms with van der Waals surface area (Å²) >= 11 is 12.6. The van der Waals surface area contributed by atoms with Gasteiger partial charge in [0, 0.05) is 35.1 Å². The van der Waals surface area contributed by atoms with E-state index in [-0.39, 0.29) is 25.8 Å². The van der Waals surface area contributed by atoms with Gasteiger partial charge in [-0.3, -0.25) is 4.98 Å². The number of halogens is 3. The highest BCUT2D eigenvalue weighted by Crippen LogP contribution is 2.33. The maximum absolute atomic E-state index is 12.9. The average molecular weight is 562 g/mol. The molecule has 2 atom stereocenters. The zero-order valence-corrected chi connectivity index (χ0v) is 22.8. The number of benzene rings is 1. The third-order valence-corrected chi connectivity index (χ3v) is 6.78. The van der Waals surface area contributed by atoms with Crippen molar-refractivity contribution < 1.29 is 18.7 Å². The summed E-state index contributed by atoms with van der Waals surface area (Å²) < 4.78 is 24.2. The van der Waals surface area contributed by atoms with Crippen molar-refractivity contribution in [3.63, 3.8) is 0 Å². The molecule has 0 aliphatic carbocycles. The standard InChI is InChI=1S/C27H30Cl2FN5O3/c1-3-21-25(19-8-7-18(28)12-20(19)29)32-22(4-2)26(33-21)34-23-14-35(15-24(23)37-11-9-30)27(36)38-16-17-6-5-10-31-13-17/h5-8,10,12-13,23-24H,3-4,9,11,14-16H2,1-2H3,(H,33,34)/t23-,24+/m1/s1. The number of nitrogens with one attached hydrogen (secondary N) is 1. The van der Waals surface area contributed by atoms with Crippen LogP contribution < -0.4 is 5.32 Å². The predicted octanol–water partition coefficient (Wildman–Crippen LogP) is 5.76. The van der Waals surface area contributed by atoms with Crippen LogP contribution in [0.15, 0.2) is 42.7 Å². The highest BCUT2D eigenvalue weighted by Gasteiger charge is 2.37. The van der Waals surface area contributed by atoms with Gasteiger partial charge in [-0.25, -0.2) is 19.2 Å². The minimum absolute atomic E-state index is 0.0675. The van der Waals surface area contributed by atoms with E-state index in [1.165, 1.54) is 0 Å². The number of aryl methyl sites for hydroxylation is 2. The number of anilines is 1. The van der Waals surface area contributed by atoms with Gasteiger partial charge in [0.15, 0.2) is 0 Å². The number of amides is 1. The molecule has 2 aromatic heterocycles. The summed E-state index contributed by atoms with van der Waals surface area (Å²) in [5.74, 6) is 0.600. The zero-order valence-electron chi connectivity index (χ0n) is 21.3. The molecule has 0 radical (unpaired) electrons. The summed E-state index contributed by atoms with van der Waals surface area (Å²) in [6, 6.07) is 8.58. The van der Waals surface area contributed by atoms with Gasteiger partial charge in [0.25, 0.3) is 0 Å². The molecular weight excluding hydrogens is 532 g/mol. The number of nitrogens with zero attached hydrogens (tertiary/aromatic N) is 4. The Bertz CT molecular complexity index is 1250. The third kappa shape index (κ3) is 6.70. The van der Waals surface area contributed by atoms with Crippen LogP contribution in [0.3, 0.4) is 0 Å². The van der Waals surface area contributed by atoms with Crippen LogP contribution in [0.1, 0.15) is 30.8 Å². The Morgan fingerprint density at radius 3 is 2.66 bits per heavy atom. The van der Waals surface area contributed by atoms with Gasteiger partial charge in [-0.2, -0.15) is 0 Å². The number of hydrogen-bond donors (Lipinski definition) is 1. The molecule has 1 aliphatic heterocycles. The van der Waals surface area contributed by atoms with Crippen molar-refractivity contribution in [3.05, 3.63) is 69.7 Å². The van der Waals surface area contributed by atoms with Crippen molar-refractivity contribution in [3.8, 4) is 11.3 Å². The van der Waals surface area contributed by atoms with Crippen LogP contribution in [0, 0.1) is 0 Å². The Kier molecular flexibility index (Phi) is 9.71. The highest BCUT2D eigenvalue weighted by molar-refractivity contribution is 6.36. The fourth-order valence-corrected chi connectivity index (χ4v) is 4.83. The van der Waals surface area contributed by atoms with E-state index in [1.54, 1.807) is 35.5 Å². The molecule has 4 rings (SSSR count). The van der Waals surface area contributed by atoms with Crippen LogP contribution in [-0.2, 0) is 28.9 Å². The Morgan fingerprint density at radius 2 is 1.97 bits per heavy atom. The summed E-state index contributed by atoms with van der Waals surface area (Å²) in [7, 11) is 0. The van der Waals surface area contributed by atoms with Crippen molar-refractivity contribution in [2.24, 2.45) is 0 Å². The van der Waals surface area contributed by atoms with Crippen LogP contribution in [0.5, 0.6) is 0 Å². The molecule has 3 aromatic rings. The maximum Gasteiger partial charge on any atom is 0.410 e. The number of alkyl halides is 1. The third-order valence-electron chi connectivity index (χ3n) is 6.24. The topological polar surface area (TPSA) is 89.5 Å². The first kappa shape index (κ1) is 28.0. The maximum atomic E-state index is 12.9. The van der Waals surface area contributed by atoms with Crippen LogP contribution in [0.2, 0.25) is 10.0 Å². The molecule has 1 amide bonds. The van der Waals surface area contributed by atoms with E-state index < -0.39 is 18.9 Å². The Hall–Kier alpha value is -3.01. The second-order valence-electron chi connectivity index (χ2n) is 8.82. The molecule has 8 nitrogen and oxygen atoms in total. The second kappa shape index (κ2) is 13.2. The summed E-state index contributed by atoms with van der Waals surface area (Å²) in [6.45, 7) is 3.97. The molecule has 1 N–H and O–H groups in total. The summed E-state index contributed by atoms with van der Waals surface area (Å²) in [6.07, 6.45) is 3.61. The van der Waals surface area contributed by atoms with Crippen molar-refractivity contribution in [2.75, 3.05) is 31.7 Å². The number of hydrogen-bond acceptors (Lipinski definition) is 7. The molecule has 0 saturated carbocycles. The molecule has 11 heteroatoms. The van der Waals surface area contributed by atoms with E-state index in [0.29, 0.717) is 40.9 Å². The number of rotatable bonds is 10. The fraction of sp³-hybridized carbons (Fsp3) is 0.407. The van der Waals surface area contributed by atoms with E-state index in [9.17, 15) is 9.18 Å². The van der Waals surface area contributed by atoms with Gasteiger partial charge in [0.2, 0.25) is 0 Å². The quantitative estimate of drug-likeness (QED) is 0.336. The summed E-state index contributed by atoms with van der Waals surface area (Å²) in [4.78, 5) is 28.2. The Labute approximate surface area is 231 Å². The van der Waals surface area contributed by atoms with Gasteiger partial charge < -0.3 is 19.7 Å². The van der Waals surface area contributed by atoms with Crippen LogP contribution in [0.25, 0.3) is 11.3 Å². The molecule has 1 fully saturated rings. The van der Waals surface area contributed by atoms with Gasteiger partial charge in [-0.15, -0.1) is 0 Å². The van der Waals surface area contributed by atoms with Crippen LogP contribution in [0.4, 0.5) is 15.0 Å². The van der Waals surface area contributed by atoms with E-state index in [0.717, 1.165) is 22.5 Å². The molecule has 3 heterocycles. The first-order valence-electron chi connectivity index (χ1n) is 12.5. The smallest absolute Gasteiger partial charge is 0.410 e. The van der Waals surface area contributed by atoms with Gasteiger partial charge in [0.1, 0.15) is 19.1 Å². The lowest BCUT2D eigenvalue weighted by Gasteiger charge is -2.22. The van der Waals surface area contributed by atoms with Crippen LogP contribution >= 0.6 is 23.2 Å². The lowest BCUT2D eigenvalue weighted by Crippen LogP contribution is -2.36. The van der Waals surface area contributed by atoms with Crippen molar-refractivity contribution in [1.29, 1.82) is 0 Å². The minimum atomic E-state index is -0.620. The number of aromatic nitrogens is 3. The molecule has 1 saturated heterocycles. The largest absolute Gasteiger partial charge is 0.444 e. The zero-order chi connectivity index (χ0) is 27.1. The molecule has 1 aliphatic rings. The van der Waals surface area contributed by atoms with Crippen molar-refractivity contribution >= 4 is 35.1 Å². The molecule has 0 unspecified atom stereocenters. The molecule has 0 spiro atoms. The molecule has 1 aromatic carbocycles. The molecular formula is C27H30Cl2FN5O3. The molecule has 38 heavy (non-hydrogen) atoms. The first-order chi connectivity index (χ1) is 18.4. The monoisotopic (exact) mass is 561 g/mol. The average Bonchev–Trinajstić information content (AvgIpc) is 3.33. The van der Waals surface area contributed by atoms with E-state index in [2.05, 4.69) is 10.3 Å². The fourth-order valence-electron chi connectivity index (χ4n) is 4.33. The van der Waals surface area contributed by atoms with E-state index in [1.807, 2.05) is 26.0 Å². The SMILES string of the molecule is CCc1nc(-c2ccc(Cl)cc2Cl)c(CC)nc1N[C@@H]1CN(C(=O)OCc2cccnc2)C[C@@H]1OCCF. The van der Waals surface area contributed by atoms with Crippen molar-refractivity contribution in [1.82, 2.24) is 19.9 Å². The van der Waals surface area contributed by atoms with Gasteiger partial charge in [-0.05, 0) is 37.1 Å². The lowest BCUT2D eigenvalue weighted by atomic mass is 10.1. The Morgan fingerprint density at radius 1 is 1.16 bits per heavy atom. The summed E-state index contributed by atoms with van der Waals surface area (Å²) in [5.41, 5.74) is 3.75. The lowest BCUT2D eigenvalue weighted by molar-refractivity contribution is 0.0424. The normalized spacial score (nSPS) is 17.0. The Balaban J connectivity index is 1.54. The number of likely N-dealkylation sites (tertiary alicyclic amines) is 1. The minimum Gasteiger partial charge on any atom is -0.444 e. The number of ether oxygens (including phenoxy) is 2. The van der Waals surface area contributed by atoms with Gasteiger partial charge in [-0.1, -0.05) is 43.1 Å². The van der Waals surface area contributed by atoms with Crippen molar-refractivity contribution in [2.45, 2.75) is 45.4 Å². The van der Waals surface area contributed by atoms with Gasteiger partial charge >= 0.3 is 6.09 Å². The number of carbonyl (C=O) groups is 1. The van der Waals surface area contributed by atoms with E-state index in [4.69, 9.17) is 42.6 Å². The number of pyridine rings is 1. The summed E-state index contributed by atoms with van der Waals surface area (Å²) in [5, 5.41) is 4.47. The molecule has 0 bridgehead atoms. The van der Waals surface area contributed by atoms with E-state index >= 15 is 0 Å². The first-order valence-corrected chi connectivity index (χ1v) is 13.3. The van der Waals surface area contributed by atoms with Gasteiger partial charge in [0.05, 0.1) is 47.4 Å². The predicted molar refractivity (Wildman–Crippen MR) is 145 cm³/mol. The van der Waals surface area contributed by atoms with Crippen LogP contribution in [-0.4, -0.2) is 64.5 Å². The highest BCUT2D eigenvalue weighted by atomic mass is 35.5. The number of carbonyl (C=O) groups excluding carboxylic acids is 1. The second-order valence-corrected chi connectivity index (χ2v) is 9.66.